The summed E-state index contributed by atoms with van der Waals surface area (Å²) < 4.78 is 15.4. The molecule has 0 amide bonds. The maximum atomic E-state index is 13.1. The van der Waals surface area contributed by atoms with E-state index in [-0.39, 0.29) is 18.2 Å². The minimum atomic E-state index is -0.215. The second kappa shape index (κ2) is 7.92. The molecule has 3 rings (SSSR count). The maximum absolute atomic E-state index is 13.1. The molecule has 3 nitrogen and oxygen atoms in total. The van der Waals surface area contributed by atoms with Crippen molar-refractivity contribution in [3.05, 3.63) is 70.8 Å². The SMILES string of the molecule is C=CCn1c(C)c(C)c2nc(C)c(C)c(NCc3ccc(F)cc3)c21.Cl. The summed E-state index contributed by atoms with van der Waals surface area (Å²) in [5.41, 5.74) is 8.83. The normalized spacial score (nSPS) is 10.7. The van der Waals surface area contributed by atoms with Gasteiger partial charge in [0.1, 0.15) is 5.82 Å². The summed E-state index contributed by atoms with van der Waals surface area (Å²) in [5, 5.41) is 3.55. The number of pyridine rings is 1. The monoisotopic (exact) mass is 373 g/mol. The van der Waals surface area contributed by atoms with Crippen LogP contribution in [0, 0.1) is 33.5 Å². The molecule has 0 bridgehead atoms. The summed E-state index contributed by atoms with van der Waals surface area (Å²) in [7, 11) is 0. The summed E-state index contributed by atoms with van der Waals surface area (Å²) in [5.74, 6) is -0.215. The summed E-state index contributed by atoms with van der Waals surface area (Å²) in [6.07, 6.45) is 1.91. The molecule has 26 heavy (non-hydrogen) atoms. The van der Waals surface area contributed by atoms with E-state index in [1.807, 2.05) is 25.1 Å². The van der Waals surface area contributed by atoms with Gasteiger partial charge in [0.25, 0.3) is 0 Å². The first-order valence-corrected chi connectivity index (χ1v) is 8.49. The fourth-order valence-corrected chi connectivity index (χ4v) is 3.21. The molecule has 3 aromatic rings. The Labute approximate surface area is 160 Å². The highest BCUT2D eigenvalue weighted by atomic mass is 35.5. The number of aryl methyl sites for hydroxylation is 2. The van der Waals surface area contributed by atoms with E-state index in [0.29, 0.717) is 6.54 Å². The van der Waals surface area contributed by atoms with E-state index in [0.717, 1.165) is 40.1 Å². The highest BCUT2D eigenvalue weighted by Crippen LogP contribution is 2.33. The van der Waals surface area contributed by atoms with Crippen molar-refractivity contribution in [3.8, 4) is 0 Å². The fourth-order valence-electron chi connectivity index (χ4n) is 3.21. The summed E-state index contributed by atoms with van der Waals surface area (Å²) in [4.78, 5) is 4.82. The lowest BCUT2D eigenvalue weighted by Gasteiger charge is -2.16. The molecule has 0 saturated heterocycles. The van der Waals surface area contributed by atoms with Gasteiger partial charge in [-0.15, -0.1) is 19.0 Å². The van der Waals surface area contributed by atoms with E-state index in [9.17, 15) is 4.39 Å². The fraction of sp³-hybridized carbons (Fsp3) is 0.286. The third-order valence-electron chi connectivity index (χ3n) is 4.93. The zero-order chi connectivity index (χ0) is 18.1. The van der Waals surface area contributed by atoms with Crippen LogP contribution in [0.2, 0.25) is 0 Å². The number of nitrogens with one attached hydrogen (secondary N) is 1. The lowest BCUT2D eigenvalue weighted by Crippen LogP contribution is -2.07. The van der Waals surface area contributed by atoms with Gasteiger partial charge in [0.05, 0.1) is 16.7 Å². The Balaban J connectivity index is 0.00000243. The van der Waals surface area contributed by atoms with Crippen LogP contribution < -0.4 is 5.32 Å². The number of nitrogens with zero attached hydrogens (tertiary/aromatic N) is 2. The molecule has 1 N–H and O–H groups in total. The molecule has 0 atom stereocenters. The van der Waals surface area contributed by atoms with E-state index in [2.05, 4.69) is 37.2 Å². The van der Waals surface area contributed by atoms with Crippen LogP contribution in [-0.2, 0) is 13.1 Å². The summed E-state index contributed by atoms with van der Waals surface area (Å²) >= 11 is 0. The van der Waals surface area contributed by atoms with Crippen molar-refractivity contribution in [1.29, 1.82) is 0 Å². The first-order chi connectivity index (χ1) is 11.9. The maximum Gasteiger partial charge on any atom is 0.123 e. The largest absolute Gasteiger partial charge is 0.379 e. The van der Waals surface area contributed by atoms with Crippen molar-refractivity contribution < 1.29 is 4.39 Å². The molecule has 0 aliphatic carbocycles. The lowest BCUT2D eigenvalue weighted by molar-refractivity contribution is 0.627. The number of halogens is 2. The van der Waals surface area contributed by atoms with Gasteiger partial charge in [-0.3, -0.25) is 4.98 Å². The molecular formula is C21H25ClFN3. The summed E-state index contributed by atoms with van der Waals surface area (Å²) in [6, 6.07) is 6.60. The molecule has 0 spiro atoms. The van der Waals surface area contributed by atoms with Crippen molar-refractivity contribution in [2.24, 2.45) is 0 Å². The number of hydrogen-bond donors (Lipinski definition) is 1. The molecule has 0 unspecified atom stereocenters. The molecule has 0 radical (unpaired) electrons. The highest BCUT2D eigenvalue weighted by Gasteiger charge is 2.18. The summed E-state index contributed by atoms with van der Waals surface area (Å²) in [6.45, 7) is 13.6. The predicted octanol–water partition coefficient (Wildman–Crippen LogP) is 5.63. The van der Waals surface area contributed by atoms with Crippen molar-refractivity contribution in [2.75, 3.05) is 5.32 Å². The Morgan fingerprint density at radius 1 is 1.12 bits per heavy atom. The first kappa shape index (κ1) is 20.0. The Kier molecular flexibility index (Phi) is 6.09. The van der Waals surface area contributed by atoms with Gasteiger partial charge in [0.2, 0.25) is 0 Å². The van der Waals surface area contributed by atoms with Crippen molar-refractivity contribution in [1.82, 2.24) is 9.55 Å². The second-order valence-electron chi connectivity index (χ2n) is 6.48. The van der Waals surface area contributed by atoms with Gasteiger partial charge in [-0.2, -0.15) is 0 Å². The van der Waals surface area contributed by atoms with Crippen LogP contribution in [-0.4, -0.2) is 9.55 Å². The smallest absolute Gasteiger partial charge is 0.123 e. The minimum absolute atomic E-state index is 0. The molecule has 0 aliphatic rings. The highest BCUT2D eigenvalue weighted by molar-refractivity contribution is 5.94. The Hall–Kier alpha value is -2.33. The molecule has 138 valence electrons. The number of fused-ring (bicyclic) bond motifs is 1. The molecule has 0 aliphatic heterocycles. The van der Waals surface area contributed by atoms with Gasteiger partial charge in [0.15, 0.2) is 0 Å². The Bertz CT molecular complexity index is 943. The third kappa shape index (κ3) is 3.47. The van der Waals surface area contributed by atoms with Crippen LogP contribution >= 0.6 is 12.4 Å². The van der Waals surface area contributed by atoms with E-state index < -0.39 is 0 Å². The Morgan fingerprint density at radius 2 is 1.77 bits per heavy atom. The van der Waals surface area contributed by atoms with Crippen LogP contribution in [0.4, 0.5) is 10.1 Å². The average molecular weight is 374 g/mol. The lowest BCUT2D eigenvalue weighted by atomic mass is 10.1. The second-order valence-corrected chi connectivity index (χ2v) is 6.48. The number of aromatic nitrogens is 2. The number of rotatable bonds is 5. The zero-order valence-corrected chi connectivity index (χ0v) is 16.5. The topological polar surface area (TPSA) is 29.9 Å². The van der Waals surface area contributed by atoms with Gasteiger partial charge in [-0.1, -0.05) is 18.2 Å². The number of anilines is 1. The quantitative estimate of drug-likeness (QED) is 0.587. The molecule has 2 aromatic heterocycles. The van der Waals surface area contributed by atoms with Gasteiger partial charge in [-0.25, -0.2) is 4.39 Å². The van der Waals surface area contributed by atoms with E-state index in [1.165, 1.54) is 23.4 Å². The van der Waals surface area contributed by atoms with Crippen molar-refractivity contribution >= 4 is 29.1 Å². The van der Waals surface area contributed by atoms with Crippen LogP contribution in [0.5, 0.6) is 0 Å². The molecule has 1 aromatic carbocycles. The standard InChI is InChI=1S/C21H24FN3.ClH/c1-6-11-25-16(5)14(3)20-21(25)19(13(2)15(4)24-20)23-12-17-7-9-18(22)10-8-17;/h6-10H,1,11-12H2,2-5H3,(H,23,24);1H. The van der Waals surface area contributed by atoms with Gasteiger partial charge >= 0.3 is 0 Å². The molecular weight excluding hydrogens is 349 g/mol. The minimum Gasteiger partial charge on any atom is -0.379 e. The molecule has 0 saturated carbocycles. The third-order valence-corrected chi connectivity index (χ3v) is 4.93. The van der Waals surface area contributed by atoms with Crippen LogP contribution in [0.1, 0.15) is 28.1 Å². The number of allylic oxidation sites excluding steroid dienone is 1. The number of benzene rings is 1. The predicted molar refractivity (Wildman–Crippen MR) is 110 cm³/mol. The molecule has 2 heterocycles. The van der Waals surface area contributed by atoms with E-state index in [4.69, 9.17) is 4.98 Å². The van der Waals surface area contributed by atoms with Gasteiger partial charge in [0, 0.05) is 24.5 Å². The van der Waals surface area contributed by atoms with Crippen molar-refractivity contribution in [2.45, 2.75) is 40.8 Å². The van der Waals surface area contributed by atoms with E-state index >= 15 is 0 Å². The van der Waals surface area contributed by atoms with E-state index in [1.54, 1.807) is 0 Å². The van der Waals surface area contributed by atoms with Gasteiger partial charge in [-0.05, 0) is 56.5 Å². The van der Waals surface area contributed by atoms with Crippen LogP contribution in [0.15, 0.2) is 36.9 Å². The average Bonchev–Trinajstić information content (AvgIpc) is 2.82. The molecule has 0 fully saturated rings. The zero-order valence-electron chi connectivity index (χ0n) is 15.7. The van der Waals surface area contributed by atoms with Gasteiger partial charge < -0.3 is 9.88 Å². The van der Waals surface area contributed by atoms with Crippen molar-refractivity contribution in [3.63, 3.8) is 0 Å². The van der Waals surface area contributed by atoms with Crippen LogP contribution in [0.3, 0.4) is 0 Å². The first-order valence-electron chi connectivity index (χ1n) is 8.49. The molecule has 5 heteroatoms. The van der Waals surface area contributed by atoms with Crippen LogP contribution in [0.25, 0.3) is 11.0 Å². The number of hydrogen-bond acceptors (Lipinski definition) is 2. The Morgan fingerprint density at radius 3 is 2.38 bits per heavy atom.